The molecule has 0 radical (unpaired) electrons. The number of aromatic carboxylic acids is 1. The van der Waals surface area contributed by atoms with Gasteiger partial charge in [-0.25, -0.2) is 4.79 Å². The maximum Gasteiger partial charge on any atom is 0.356 e. The maximum atomic E-state index is 10.7. The second kappa shape index (κ2) is 4.10. The monoisotopic (exact) mass is 218 g/mol. The summed E-state index contributed by atoms with van der Waals surface area (Å²) in [5, 5.41) is 8.57. The number of rotatable bonds is 3. The van der Waals surface area contributed by atoms with E-state index in [1.165, 1.54) is 14.2 Å². The van der Waals surface area contributed by atoms with Crippen molar-refractivity contribution in [1.29, 1.82) is 0 Å². The van der Waals surface area contributed by atoms with Crippen molar-refractivity contribution < 1.29 is 19.4 Å². The molecule has 0 saturated carbocycles. The molecular formula is C7H7ClN2O4. The van der Waals surface area contributed by atoms with Gasteiger partial charge in [-0.05, 0) is 0 Å². The molecule has 0 atom stereocenters. The topological polar surface area (TPSA) is 81.5 Å². The standard InChI is InChI=1S/C7H7ClN2O4/c1-13-5-3(8)4(6(11)12)9-7(10-5)14-2/h1-2H3,(H,11,12). The number of aromatic nitrogens is 2. The number of methoxy groups -OCH3 is 2. The van der Waals surface area contributed by atoms with Crippen molar-refractivity contribution in [2.45, 2.75) is 0 Å². The van der Waals surface area contributed by atoms with E-state index in [2.05, 4.69) is 14.7 Å². The molecule has 0 unspecified atom stereocenters. The van der Waals surface area contributed by atoms with Crippen LogP contribution in [0, 0.1) is 0 Å². The van der Waals surface area contributed by atoms with Gasteiger partial charge in [0.2, 0.25) is 5.88 Å². The van der Waals surface area contributed by atoms with Crippen molar-refractivity contribution in [3.8, 4) is 11.9 Å². The average molecular weight is 219 g/mol. The minimum atomic E-state index is -1.27. The molecule has 0 saturated heterocycles. The van der Waals surface area contributed by atoms with Gasteiger partial charge < -0.3 is 14.6 Å². The quantitative estimate of drug-likeness (QED) is 0.810. The van der Waals surface area contributed by atoms with Crippen molar-refractivity contribution in [2.24, 2.45) is 0 Å². The molecule has 0 aliphatic carbocycles. The van der Waals surface area contributed by atoms with Crippen LogP contribution in [0.4, 0.5) is 0 Å². The van der Waals surface area contributed by atoms with Crippen LogP contribution in [-0.4, -0.2) is 35.3 Å². The second-order valence-electron chi connectivity index (χ2n) is 2.19. The van der Waals surface area contributed by atoms with E-state index < -0.39 is 5.97 Å². The predicted molar refractivity (Wildman–Crippen MR) is 47.1 cm³/mol. The van der Waals surface area contributed by atoms with Gasteiger partial charge in [-0.3, -0.25) is 0 Å². The van der Waals surface area contributed by atoms with Gasteiger partial charge in [0.1, 0.15) is 5.02 Å². The van der Waals surface area contributed by atoms with Crippen LogP contribution in [0.2, 0.25) is 5.02 Å². The summed E-state index contributed by atoms with van der Waals surface area (Å²) in [7, 11) is 2.63. The van der Waals surface area contributed by atoms with Crippen molar-refractivity contribution >= 4 is 17.6 Å². The first-order valence-electron chi connectivity index (χ1n) is 3.49. The number of carbonyl (C=O) groups is 1. The largest absolute Gasteiger partial charge is 0.480 e. The smallest absolute Gasteiger partial charge is 0.356 e. The van der Waals surface area contributed by atoms with Crippen LogP contribution in [0.5, 0.6) is 11.9 Å². The van der Waals surface area contributed by atoms with Crippen LogP contribution in [0.25, 0.3) is 0 Å². The number of nitrogens with zero attached hydrogens (tertiary/aromatic N) is 2. The summed E-state index contributed by atoms with van der Waals surface area (Å²) in [6, 6.07) is -0.108. The van der Waals surface area contributed by atoms with Gasteiger partial charge in [-0.2, -0.15) is 9.97 Å². The van der Waals surface area contributed by atoms with E-state index in [1.807, 2.05) is 0 Å². The minimum Gasteiger partial charge on any atom is -0.480 e. The molecule has 0 bridgehead atoms. The molecule has 0 amide bonds. The van der Waals surface area contributed by atoms with E-state index in [1.54, 1.807) is 0 Å². The van der Waals surface area contributed by atoms with Crippen LogP contribution < -0.4 is 9.47 Å². The lowest BCUT2D eigenvalue weighted by Gasteiger charge is -2.05. The summed E-state index contributed by atoms with van der Waals surface area (Å²) in [5.41, 5.74) is -0.352. The van der Waals surface area contributed by atoms with Crippen molar-refractivity contribution in [2.75, 3.05) is 14.2 Å². The molecule has 1 aromatic rings. The highest BCUT2D eigenvalue weighted by Gasteiger charge is 2.18. The minimum absolute atomic E-state index is 0.0316. The first-order chi connectivity index (χ1) is 6.60. The first kappa shape index (κ1) is 10.5. The number of hydrogen-bond acceptors (Lipinski definition) is 5. The molecule has 1 rings (SSSR count). The number of carboxylic acid groups (broad SMARTS) is 1. The number of halogens is 1. The highest BCUT2D eigenvalue weighted by Crippen LogP contribution is 2.26. The zero-order chi connectivity index (χ0) is 10.7. The Balaban J connectivity index is 3.34. The third-order valence-electron chi connectivity index (χ3n) is 1.38. The van der Waals surface area contributed by atoms with Crippen molar-refractivity contribution in [1.82, 2.24) is 9.97 Å². The van der Waals surface area contributed by atoms with Crippen LogP contribution in [0.3, 0.4) is 0 Å². The Hall–Kier alpha value is -1.56. The normalized spacial score (nSPS) is 9.64. The van der Waals surface area contributed by atoms with Gasteiger partial charge in [0.15, 0.2) is 5.69 Å². The molecule has 0 aliphatic rings. The van der Waals surface area contributed by atoms with Gasteiger partial charge >= 0.3 is 12.0 Å². The lowest BCUT2D eigenvalue weighted by Crippen LogP contribution is -2.06. The molecule has 7 heteroatoms. The molecule has 0 fully saturated rings. The molecule has 1 heterocycles. The average Bonchev–Trinajstić information content (AvgIpc) is 2.17. The van der Waals surface area contributed by atoms with Crippen LogP contribution in [0.1, 0.15) is 10.5 Å². The zero-order valence-corrected chi connectivity index (χ0v) is 8.20. The molecule has 14 heavy (non-hydrogen) atoms. The molecule has 0 aromatic carbocycles. The lowest BCUT2D eigenvalue weighted by atomic mass is 10.4. The Bertz CT molecular complexity index is 369. The predicted octanol–water partition coefficient (Wildman–Crippen LogP) is 0.845. The number of hydrogen-bond donors (Lipinski definition) is 1. The van der Waals surface area contributed by atoms with E-state index >= 15 is 0 Å². The molecule has 0 spiro atoms. The third-order valence-corrected chi connectivity index (χ3v) is 1.72. The van der Waals surface area contributed by atoms with Crippen LogP contribution in [-0.2, 0) is 0 Å². The SMILES string of the molecule is COc1nc(OC)c(Cl)c(C(=O)O)n1. The molecular weight excluding hydrogens is 212 g/mol. The molecule has 1 aromatic heterocycles. The van der Waals surface area contributed by atoms with Gasteiger partial charge in [0.05, 0.1) is 14.2 Å². The van der Waals surface area contributed by atoms with Crippen LogP contribution >= 0.6 is 11.6 Å². The summed E-state index contributed by atoms with van der Waals surface area (Å²) in [4.78, 5) is 17.9. The Morgan fingerprint density at radius 2 is 2.00 bits per heavy atom. The highest BCUT2D eigenvalue weighted by atomic mass is 35.5. The van der Waals surface area contributed by atoms with Gasteiger partial charge in [-0.1, -0.05) is 11.6 Å². The molecule has 0 aliphatic heterocycles. The Morgan fingerprint density at radius 3 is 2.43 bits per heavy atom. The third kappa shape index (κ3) is 1.85. The first-order valence-corrected chi connectivity index (χ1v) is 3.86. The highest BCUT2D eigenvalue weighted by molar-refractivity contribution is 6.34. The number of ether oxygens (including phenoxy) is 2. The fourth-order valence-electron chi connectivity index (χ4n) is 0.775. The summed E-state index contributed by atoms with van der Waals surface area (Å²) in [6.45, 7) is 0. The molecule has 1 N–H and O–H groups in total. The van der Waals surface area contributed by atoms with Gasteiger partial charge in [-0.15, -0.1) is 0 Å². The van der Waals surface area contributed by atoms with Crippen molar-refractivity contribution in [3.05, 3.63) is 10.7 Å². The number of carboxylic acids is 1. The van der Waals surface area contributed by atoms with Crippen LogP contribution in [0.15, 0.2) is 0 Å². The Morgan fingerprint density at radius 1 is 1.36 bits per heavy atom. The van der Waals surface area contributed by atoms with E-state index in [0.717, 1.165) is 0 Å². The van der Waals surface area contributed by atoms with E-state index in [4.69, 9.17) is 21.4 Å². The lowest BCUT2D eigenvalue weighted by molar-refractivity contribution is 0.0688. The summed E-state index contributed by atoms with van der Waals surface area (Å²) >= 11 is 5.65. The summed E-state index contributed by atoms with van der Waals surface area (Å²) in [6.07, 6.45) is 0. The van der Waals surface area contributed by atoms with E-state index in [9.17, 15) is 4.79 Å². The second-order valence-corrected chi connectivity index (χ2v) is 2.57. The van der Waals surface area contributed by atoms with E-state index in [0.29, 0.717) is 0 Å². The fraction of sp³-hybridized carbons (Fsp3) is 0.286. The van der Waals surface area contributed by atoms with Gasteiger partial charge in [0, 0.05) is 0 Å². The Labute approximate surface area is 84.5 Å². The summed E-state index contributed by atoms with van der Waals surface area (Å²) < 4.78 is 9.43. The molecule has 6 nitrogen and oxygen atoms in total. The van der Waals surface area contributed by atoms with E-state index in [-0.39, 0.29) is 22.6 Å². The van der Waals surface area contributed by atoms with Gasteiger partial charge in [0.25, 0.3) is 0 Å². The molecule has 76 valence electrons. The Kier molecular flexibility index (Phi) is 3.08. The zero-order valence-electron chi connectivity index (χ0n) is 7.44. The maximum absolute atomic E-state index is 10.7. The summed E-state index contributed by atoms with van der Waals surface area (Å²) in [5.74, 6) is -1.30. The fourth-order valence-corrected chi connectivity index (χ4v) is 1.02. The van der Waals surface area contributed by atoms with Crippen molar-refractivity contribution in [3.63, 3.8) is 0 Å².